The lowest BCUT2D eigenvalue weighted by atomic mass is 9.87. The van der Waals surface area contributed by atoms with Crippen molar-refractivity contribution in [3.05, 3.63) is 59.2 Å². The van der Waals surface area contributed by atoms with Crippen LogP contribution in [0.15, 0.2) is 36.7 Å². The zero-order chi connectivity index (χ0) is 18.9. The maximum atomic E-state index is 12.9. The molecule has 5 nitrogen and oxygen atoms in total. The number of nitrogens with zero attached hydrogens (tertiary/aromatic N) is 4. The molecule has 1 unspecified atom stereocenters. The zero-order valence-corrected chi connectivity index (χ0v) is 16.4. The molecule has 1 saturated carbocycles. The van der Waals surface area contributed by atoms with E-state index in [9.17, 15) is 4.79 Å². The van der Waals surface area contributed by atoms with Crippen LogP contribution in [-0.4, -0.2) is 57.9 Å². The summed E-state index contributed by atoms with van der Waals surface area (Å²) in [5.41, 5.74) is 3.65. The van der Waals surface area contributed by atoms with Gasteiger partial charge >= 0.3 is 0 Å². The van der Waals surface area contributed by atoms with Crippen LogP contribution >= 0.6 is 0 Å². The average Bonchev–Trinajstić information content (AvgIpc) is 3.60. The van der Waals surface area contributed by atoms with Gasteiger partial charge in [-0.2, -0.15) is 0 Å². The number of hydrogen-bond donors (Lipinski definition) is 0. The Morgan fingerprint density at radius 2 is 1.71 bits per heavy atom. The van der Waals surface area contributed by atoms with Gasteiger partial charge in [-0.3, -0.25) is 9.69 Å². The maximum absolute atomic E-state index is 12.9. The minimum Gasteiger partial charge on any atom is -0.337 e. The van der Waals surface area contributed by atoms with Crippen LogP contribution in [0.25, 0.3) is 0 Å². The smallest absolute Gasteiger partial charge is 0.257 e. The highest BCUT2D eigenvalue weighted by molar-refractivity contribution is 5.93. The van der Waals surface area contributed by atoms with E-state index >= 15 is 0 Å². The van der Waals surface area contributed by atoms with Crippen LogP contribution in [0.4, 0.5) is 0 Å². The van der Waals surface area contributed by atoms with Gasteiger partial charge in [-0.25, -0.2) is 9.97 Å². The molecule has 2 fully saturated rings. The molecule has 2 aromatic rings. The minimum absolute atomic E-state index is 0.0817. The van der Waals surface area contributed by atoms with Crippen molar-refractivity contribution in [1.82, 2.24) is 19.8 Å². The summed E-state index contributed by atoms with van der Waals surface area (Å²) in [6, 6.07) is 9.45. The van der Waals surface area contributed by atoms with E-state index in [0.717, 1.165) is 44.8 Å². The molecule has 28 heavy (non-hydrogen) atoms. The Morgan fingerprint density at radius 3 is 2.50 bits per heavy atom. The first-order valence-corrected chi connectivity index (χ1v) is 10.7. The van der Waals surface area contributed by atoms with E-state index < -0.39 is 0 Å². The van der Waals surface area contributed by atoms with Crippen molar-refractivity contribution in [2.24, 2.45) is 0 Å². The maximum Gasteiger partial charge on any atom is 0.257 e. The van der Waals surface area contributed by atoms with Crippen LogP contribution in [0.3, 0.4) is 0 Å². The second-order valence-electron chi connectivity index (χ2n) is 8.45. The first-order chi connectivity index (χ1) is 13.8. The van der Waals surface area contributed by atoms with Gasteiger partial charge in [0, 0.05) is 50.5 Å². The van der Waals surface area contributed by atoms with E-state index in [1.165, 1.54) is 36.8 Å². The van der Waals surface area contributed by atoms with Crippen molar-refractivity contribution in [3.8, 4) is 0 Å². The fourth-order valence-corrected chi connectivity index (χ4v) is 4.68. The summed E-state index contributed by atoms with van der Waals surface area (Å²) in [6.45, 7) is 3.65. The van der Waals surface area contributed by atoms with Crippen molar-refractivity contribution >= 4 is 5.91 Å². The lowest BCUT2D eigenvalue weighted by Crippen LogP contribution is -2.42. The first kappa shape index (κ1) is 17.8. The zero-order valence-electron chi connectivity index (χ0n) is 16.4. The van der Waals surface area contributed by atoms with Crippen LogP contribution in [-0.2, 0) is 12.8 Å². The van der Waals surface area contributed by atoms with E-state index in [0.29, 0.717) is 17.5 Å². The molecule has 146 valence electrons. The Bertz CT molecular complexity index is 846. The number of hydrogen-bond acceptors (Lipinski definition) is 4. The predicted molar refractivity (Wildman–Crippen MR) is 108 cm³/mol. The lowest BCUT2D eigenvalue weighted by Gasteiger charge is -2.34. The molecule has 0 bridgehead atoms. The van der Waals surface area contributed by atoms with Crippen molar-refractivity contribution in [2.75, 3.05) is 26.2 Å². The summed E-state index contributed by atoms with van der Waals surface area (Å²) in [5.74, 6) is 1.51. The molecule has 2 aliphatic carbocycles. The SMILES string of the molecule is O=C(c1cnc(C2CC2)nc1)N1CCCN(C2CCc3ccccc3C2)CC1. The van der Waals surface area contributed by atoms with E-state index in [4.69, 9.17) is 0 Å². The van der Waals surface area contributed by atoms with Gasteiger partial charge < -0.3 is 4.90 Å². The number of rotatable bonds is 3. The van der Waals surface area contributed by atoms with Crippen LogP contribution in [0.1, 0.15) is 58.9 Å². The highest BCUT2D eigenvalue weighted by atomic mass is 16.2. The molecule has 3 aliphatic rings. The molecule has 1 atom stereocenters. The van der Waals surface area contributed by atoms with Crippen LogP contribution in [0, 0.1) is 0 Å². The highest BCUT2D eigenvalue weighted by Gasteiger charge is 2.29. The van der Waals surface area contributed by atoms with Gasteiger partial charge in [0.05, 0.1) is 5.56 Å². The summed E-state index contributed by atoms with van der Waals surface area (Å²) in [4.78, 5) is 26.4. The quantitative estimate of drug-likeness (QED) is 0.826. The Balaban J connectivity index is 1.21. The van der Waals surface area contributed by atoms with Crippen LogP contribution in [0.5, 0.6) is 0 Å². The second-order valence-corrected chi connectivity index (χ2v) is 8.45. The first-order valence-electron chi connectivity index (χ1n) is 10.7. The summed E-state index contributed by atoms with van der Waals surface area (Å²) < 4.78 is 0. The molecular weight excluding hydrogens is 348 g/mol. The number of carbonyl (C=O) groups is 1. The topological polar surface area (TPSA) is 49.3 Å². The monoisotopic (exact) mass is 376 g/mol. The van der Waals surface area contributed by atoms with Gasteiger partial charge in [-0.05, 0) is 49.7 Å². The van der Waals surface area contributed by atoms with Gasteiger partial charge in [0.25, 0.3) is 5.91 Å². The lowest BCUT2D eigenvalue weighted by molar-refractivity contribution is 0.0756. The third-order valence-corrected chi connectivity index (χ3v) is 6.52. The average molecular weight is 377 g/mol. The fourth-order valence-electron chi connectivity index (χ4n) is 4.68. The standard InChI is InChI=1S/C23H28N4O/c28-23(20-15-24-22(25-16-20)18-6-7-18)27-11-3-10-26(12-13-27)21-9-8-17-4-1-2-5-19(17)14-21/h1-2,4-5,15-16,18,21H,3,6-14H2. The number of benzene rings is 1. The Morgan fingerprint density at radius 1 is 0.929 bits per heavy atom. The molecule has 1 aromatic carbocycles. The molecular formula is C23H28N4O. The summed E-state index contributed by atoms with van der Waals surface area (Å²) in [5, 5.41) is 0. The number of fused-ring (bicyclic) bond motifs is 1. The highest BCUT2D eigenvalue weighted by Crippen LogP contribution is 2.37. The summed E-state index contributed by atoms with van der Waals surface area (Å²) in [6.07, 6.45) is 10.4. The molecule has 0 spiro atoms. The van der Waals surface area contributed by atoms with Gasteiger partial charge in [0.2, 0.25) is 0 Å². The second kappa shape index (κ2) is 7.63. The van der Waals surface area contributed by atoms with Crippen molar-refractivity contribution in [2.45, 2.75) is 50.5 Å². The number of amides is 1. The molecule has 0 radical (unpaired) electrons. The Kier molecular flexibility index (Phi) is 4.85. The summed E-state index contributed by atoms with van der Waals surface area (Å²) >= 11 is 0. The van der Waals surface area contributed by atoms with E-state index in [1.54, 1.807) is 12.4 Å². The Labute approximate surface area is 166 Å². The van der Waals surface area contributed by atoms with Crippen molar-refractivity contribution < 1.29 is 4.79 Å². The molecule has 0 N–H and O–H groups in total. The number of aromatic nitrogens is 2. The van der Waals surface area contributed by atoms with E-state index in [1.807, 2.05) is 4.90 Å². The van der Waals surface area contributed by atoms with Crippen LogP contribution in [0.2, 0.25) is 0 Å². The minimum atomic E-state index is 0.0817. The molecule has 5 heteroatoms. The van der Waals surface area contributed by atoms with Crippen molar-refractivity contribution in [1.29, 1.82) is 0 Å². The normalized spacial score (nSPS) is 23.1. The third-order valence-electron chi connectivity index (χ3n) is 6.52. The molecule has 2 heterocycles. The third kappa shape index (κ3) is 3.68. The van der Waals surface area contributed by atoms with Crippen molar-refractivity contribution in [3.63, 3.8) is 0 Å². The predicted octanol–water partition coefficient (Wildman–Crippen LogP) is 3.06. The van der Waals surface area contributed by atoms with Gasteiger partial charge in [-0.15, -0.1) is 0 Å². The van der Waals surface area contributed by atoms with E-state index in [2.05, 4.69) is 39.1 Å². The van der Waals surface area contributed by atoms with E-state index in [-0.39, 0.29) is 5.91 Å². The molecule has 1 saturated heterocycles. The van der Waals surface area contributed by atoms with Gasteiger partial charge in [-0.1, -0.05) is 24.3 Å². The Hall–Kier alpha value is -2.27. The summed E-state index contributed by atoms with van der Waals surface area (Å²) in [7, 11) is 0. The molecule has 1 amide bonds. The molecule has 1 aromatic heterocycles. The number of carbonyl (C=O) groups excluding carboxylic acids is 1. The fraction of sp³-hybridized carbons (Fsp3) is 0.522. The largest absolute Gasteiger partial charge is 0.337 e. The number of aryl methyl sites for hydroxylation is 1. The molecule has 5 rings (SSSR count). The van der Waals surface area contributed by atoms with Gasteiger partial charge in [0.15, 0.2) is 0 Å². The molecule has 1 aliphatic heterocycles. The van der Waals surface area contributed by atoms with Crippen LogP contribution < -0.4 is 0 Å². The van der Waals surface area contributed by atoms with Gasteiger partial charge in [0.1, 0.15) is 5.82 Å².